The van der Waals surface area contributed by atoms with Crippen LogP contribution in [0.2, 0.25) is 0 Å². The number of carbonyl (C=O) groups is 1. The number of nitrogens with zero attached hydrogens (tertiary/aromatic N) is 2. The van der Waals surface area contributed by atoms with Gasteiger partial charge in [-0.1, -0.05) is 6.07 Å². The summed E-state index contributed by atoms with van der Waals surface area (Å²) < 4.78 is 40.4. The molecule has 0 aliphatic carbocycles. The Morgan fingerprint density at radius 2 is 1.81 bits per heavy atom. The van der Waals surface area contributed by atoms with Gasteiger partial charge in [0.05, 0.1) is 0 Å². The number of aliphatic hydroxyl groups is 1. The highest BCUT2D eigenvalue weighted by atomic mass is 32.1. The number of hydrogen-bond acceptors (Lipinski definition) is 5. The smallest absolute Gasteiger partial charge is 0.406 e. The summed E-state index contributed by atoms with van der Waals surface area (Å²) in [6.45, 7) is 2.76. The van der Waals surface area contributed by atoms with E-state index in [0.29, 0.717) is 38.3 Å². The molecule has 0 radical (unpaired) electrons. The van der Waals surface area contributed by atoms with Gasteiger partial charge in [-0.25, -0.2) is 0 Å². The molecule has 1 saturated heterocycles. The van der Waals surface area contributed by atoms with Crippen LogP contribution in [-0.2, 0) is 0 Å². The van der Waals surface area contributed by atoms with Gasteiger partial charge in [-0.05, 0) is 35.7 Å². The number of halogens is 3. The molecule has 1 aliphatic rings. The largest absolute Gasteiger partial charge is 0.573 e. The predicted molar refractivity (Wildman–Crippen MR) is 94.7 cm³/mol. The van der Waals surface area contributed by atoms with Gasteiger partial charge in [0.1, 0.15) is 11.9 Å². The molecule has 0 saturated carbocycles. The van der Waals surface area contributed by atoms with Crippen molar-refractivity contribution in [2.24, 2.45) is 0 Å². The lowest BCUT2D eigenvalue weighted by atomic mass is 10.1. The zero-order valence-electron chi connectivity index (χ0n) is 14.4. The maximum Gasteiger partial charge on any atom is 0.573 e. The molecule has 0 bridgehead atoms. The lowest BCUT2D eigenvalue weighted by molar-refractivity contribution is -0.274. The van der Waals surface area contributed by atoms with Gasteiger partial charge >= 0.3 is 6.36 Å². The highest BCUT2D eigenvalue weighted by Crippen LogP contribution is 2.24. The number of hydrogen-bond donors (Lipinski definition) is 1. The Kier molecular flexibility index (Phi) is 6.03. The van der Waals surface area contributed by atoms with Crippen LogP contribution in [0, 0.1) is 0 Å². The number of piperazine rings is 1. The van der Waals surface area contributed by atoms with Crippen LogP contribution in [0.15, 0.2) is 41.8 Å². The second-order valence-electron chi connectivity index (χ2n) is 6.20. The molecule has 3 rings (SSSR count). The third-order valence-corrected chi connectivity index (χ3v) is 5.27. The van der Waals surface area contributed by atoms with Crippen molar-refractivity contribution in [1.82, 2.24) is 9.80 Å². The number of β-amino-alcohol motifs (C(OH)–C–C–N with tert-alkyl or cyclic N) is 1. The highest BCUT2D eigenvalue weighted by molar-refractivity contribution is 7.10. The average Bonchev–Trinajstić information content (AvgIpc) is 3.16. The van der Waals surface area contributed by atoms with Crippen molar-refractivity contribution in [1.29, 1.82) is 0 Å². The predicted octanol–water partition coefficient (Wildman–Crippen LogP) is 3.14. The molecular formula is C18H19F3N2O3S. The van der Waals surface area contributed by atoms with Gasteiger partial charge in [0, 0.05) is 43.2 Å². The fraction of sp³-hybridized carbons (Fsp3) is 0.389. The zero-order valence-corrected chi connectivity index (χ0v) is 15.2. The Labute approximate surface area is 158 Å². The summed E-state index contributed by atoms with van der Waals surface area (Å²) in [7, 11) is 0. The number of amides is 1. The highest BCUT2D eigenvalue weighted by Gasteiger charge is 2.31. The van der Waals surface area contributed by atoms with Crippen LogP contribution < -0.4 is 4.74 Å². The molecule has 146 valence electrons. The number of ether oxygens (including phenoxy) is 1. The van der Waals surface area contributed by atoms with Gasteiger partial charge in [0.25, 0.3) is 5.91 Å². The summed E-state index contributed by atoms with van der Waals surface area (Å²) in [5.74, 6) is -0.585. The van der Waals surface area contributed by atoms with E-state index in [-0.39, 0.29) is 11.7 Å². The van der Waals surface area contributed by atoms with E-state index in [1.54, 1.807) is 4.90 Å². The molecular weight excluding hydrogens is 381 g/mol. The van der Waals surface area contributed by atoms with Gasteiger partial charge in [-0.15, -0.1) is 24.5 Å². The molecule has 1 aliphatic heterocycles. The first-order valence-electron chi connectivity index (χ1n) is 8.41. The Bertz CT molecular complexity index is 742. The van der Waals surface area contributed by atoms with Crippen molar-refractivity contribution in [3.05, 3.63) is 52.2 Å². The lowest BCUT2D eigenvalue weighted by Crippen LogP contribution is -2.49. The Morgan fingerprint density at radius 1 is 1.15 bits per heavy atom. The van der Waals surface area contributed by atoms with Crippen LogP contribution >= 0.6 is 11.3 Å². The molecule has 27 heavy (non-hydrogen) atoms. The minimum Gasteiger partial charge on any atom is -0.406 e. The summed E-state index contributed by atoms with van der Waals surface area (Å²) in [5, 5.41) is 12.1. The standard InChI is InChI=1S/C18H19F3N2O3S/c19-18(20,21)26-14-5-3-13(4-6-14)17(25)23-9-7-22(8-10-23)12-15(24)16-2-1-11-27-16/h1-6,11,15,24H,7-10,12H2. The number of alkyl halides is 3. The maximum atomic E-state index is 12.5. The van der Waals surface area contributed by atoms with Gasteiger partial charge in [0.2, 0.25) is 0 Å². The van der Waals surface area contributed by atoms with Gasteiger partial charge < -0.3 is 14.7 Å². The molecule has 1 fully saturated rings. The van der Waals surface area contributed by atoms with E-state index in [0.717, 1.165) is 17.0 Å². The van der Waals surface area contributed by atoms with Crippen LogP contribution in [-0.4, -0.2) is 59.9 Å². The molecule has 1 atom stereocenters. The van der Waals surface area contributed by atoms with Crippen molar-refractivity contribution in [3.63, 3.8) is 0 Å². The fourth-order valence-electron chi connectivity index (χ4n) is 2.93. The molecule has 1 amide bonds. The first-order chi connectivity index (χ1) is 12.8. The molecule has 1 aromatic carbocycles. The summed E-state index contributed by atoms with van der Waals surface area (Å²) in [6.07, 6.45) is -5.30. The molecule has 1 aromatic heterocycles. The van der Waals surface area contributed by atoms with Crippen LogP contribution in [0.3, 0.4) is 0 Å². The number of thiophene rings is 1. The van der Waals surface area contributed by atoms with E-state index in [4.69, 9.17) is 0 Å². The quantitative estimate of drug-likeness (QED) is 0.838. The Balaban J connectivity index is 1.51. The maximum absolute atomic E-state index is 12.5. The molecule has 2 heterocycles. The molecule has 1 unspecified atom stereocenters. The minimum absolute atomic E-state index is 0.230. The van der Waals surface area contributed by atoms with Crippen LogP contribution in [0.4, 0.5) is 13.2 Å². The van der Waals surface area contributed by atoms with Crippen molar-refractivity contribution in [3.8, 4) is 5.75 Å². The second-order valence-corrected chi connectivity index (χ2v) is 7.18. The number of aliphatic hydroxyl groups excluding tert-OH is 1. The van der Waals surface area contributed by atoms with Crippen molar-refractivity contribution in [2.75, 3.05) is 32.7 Å². The van der Waals surface area contributed by atoms with Crippen LogP contribution in [0.5, 0.6) is 5.75 Å². The minimum atomic E-state index is -4.75. The van der Waals surface area contributed by atoms with Gasteiger partial charge in [0.15, 0.2) is 0 Å². The summed E-state index contributed by atoms with van der Waals surface area (Å²) >= 11 is 1.50. The SMILES string of the molecule is O=C(c1ccc(OC(F)(F)F)cc1)N1CCN(CC(O)c2cccs2)CC1. The van der Waals surface area contributed by atoms with Gasteiger partial charge in [-0.2, -0.15) is 0 Å². The number of carbonyl (C=O) groups excluding carboxylic acids is 1. The molecule has 0 spiro atoms. The third-order valence-electron chi connectivity index (χ3n) is 4.30. The van der Waals surface area contributed by atoms with Crippen LogP contribution in [0.25, 0.3) is 0 Å². The van der Waals surface area contributed by atoms with E-state index in [1.165, 1.54) is 23.5 Å². The fourth-order valence-corrected chi connectivity index (χ4v) is 3.63. The number of rotatable bonds is 5. The topological polar surface area (TPSA) is 53.0 Å². The van der Waals surface area contributed by atoms with E-state index in [9.17, 15) is 23.1 Å². The molecule has 5 nitrogen and oxygen atoms in total. The Hall–Kier alpha value is -2.10. The van der Waals surface area contributed by atoms with Crippen molar-refractivity contribution in [2.45, 2.75) is 12.5 Å². The third kappa shape index (κ3) is 5.44. The normalized spacial score (nSPS) is 17.0. The summed E-state index contributed by atoms with van der Waals surface area (Å²) in [6, 6.07) is 8.71. The van der Waals surface area contributed by atoms with Crippen LogP contribution in [0.1, 0.15) is 21.3 Å². The molecule has 1 N–H and O–H groups in total. The first-order valence-corrected chi connectivity index (χ1v) is 9.29. The molecule has 2 aromatic rings. The van der Waals surface area contributed by atoms with Gasteiger partial charge in [-0.3, -0.25) is 9.69 Å². The average molecular weight is 400 g/mol. The van der Waals surface area contributed by atoms with Crippen molar-refractivity contribution >= 4 is 17.2 Å². The van der Waals surface area contributed by atoms with E-state index in [1.807, 2.05) is 17.5 Å². The summed E-state index contributed by atoms with van der Waals surface area (Å²) in [5.41, 5.74) is 0.316. The van der Waals surface area contributed by atoms with E-state index in [2.05, 4.69) is 9.64 Å². The molecule has 9 heteroatoms. The second kappa shape index (κ2) is 8.28. The van der Waals surface area contributed by atoms with E-state index < -0.39 is 12.5 Å². The number of benzene rings is 1. The van der Waals surface area contributed by atoms with Crippen molar-refractivity contribution < 1.29 is 27.8 Å². The summed E-state index contributed by atoms with van der Waals surface area (Å²) in [4.78, 5) is 17.2. The zero-order chi connectivity index (χ0) is 19.4. The Morgan fingerprint density at radius 3 is 2.37 bits per heavy atom. The lowest BCUT2D eigenvalue weighted by Gasteiger charge is -2.35. The first kappa shape index (κ1) is 19.7. The van der Waals surface area contributed by atoms with E-state index >= 15 is 0 Å². The monoisotopic (exact) mass is 400 g/mol.